The summed E-state index contributed by atoms with van der Waals surface area (Å²) in [5, 5.41) is 14.6. The van der Waals surface area contributed by atoms with Crippen molar-refractivity contribution in [2.75, 3.05) is 17.1 Å². The summed E-state index contributed by atoms with van der Waals surface area (Å²) in [5.41, 5.74) is -0.488. The molecule has 0 saturated carbocycles. The minimum absolute atomic E-state index is 0.0590. The molecule has 2 rings (SSSR count). The van der Waals surface area contributed by atoms with Crippen molar-refractivity contribution in [3.63, 3.8) is 0 Å². The van der Waals surface area contributed by atoms with Gasteiger partial charge in [0, 0.05) is 34.3 Å². The molecule has 0 spiro atoms. The second-order valence-electron chi connectivity index (χ2n) is 9.22. The molecule has 1 N–H and O–H groups in total. The van der Waals surface area contributed by atoms with Gasteiger partial charge in [0.2, 0.25) is 21.8 Å². The van der Waals surface area contributed by atoms with Gasteiger partial charge in [0.15, 0.2) is 0 Å². The van der Waals surface area contributed by atoms with Crippen LogP contribution in [0.15, 0.2) is 42.5 Å². The number of sulfonamides is 1. The molecule has 1 atom stereocenters. The van der Waals surface area contributed by atoms with Crippen LogP contribution in [0.1, 0.15) is 33.3 Å². The maximum atomic E-state index is 13.5. The molecule has 196 valence electrons. The summed E-state index contributed by atoms with van der Waals surface area (Å²) in [6.45, 7) is 6.06. The lowest BCUT2D eigenvalue weighted by molar-refractivity contribution is -0.384. The number of benzene rings is 2. The largest absolute Gasteiger partial charge is 0.350 e. The zero-order valence-electron chi connectivity index (χ0n) is 20.5. The van der Waals surface area contributed by atoms with E-state index in [-0.39, 0.29) is 22.9 Å². The van der Waals surface area contributed by atoms with Crippen LogP contribution in [0.25, 0.3) is 0 Å². The van der Waals surface area contributed by atoms with Gasteiger partial charge in [0.1, 0.15) is 12.6 Å². The summed E-state index contributed by atoms with van der Waals surface area (Å²) in [4.78, 5) is 38.2. The van der Waals surface area contributed by atoms with E-state index >= 15 is 0 Å². The molecular formula is C23H28Cl2N4O6S. The second-order valence-corrected chi connectivity index (χ2v) is 12.0. The number of carbonyl (C=O) groups is 2. The van der Waals surface area contributed by atoms with Crippen molar-refractivity contribution in [3.8, 4) is 0 Å². The summed E-state index contributed by atoms with van der Waals surface area (Å²) in [6.07, 6.45) is 0.884. The number of nitro benzene ring substituents is 1. The molecule has 0 radical (unpaired) electrons. The van der Waals surface area contributed by atoms with Crippen molar-refractivity contribution in [1.82, 2.24) is 10.2 Å². The number of non-ortho nitro benzene ring substituents is 1. The van der Waals surface area contributed by atoms with E-state index in [1.807, 2.05) is 0 Å². The Morgan fingerprint density at radius 3 is 2.31 bits per heavy atom. The van der Waals surface area contributed by atoms with E-state index in [1.54, 1.807) is 32.9 Å². The molecule has 0 aliphatic rings. The fourth-order valence-corrected chi connectivity index (χ4v) is 4.58. The standard InChI is InChI=1S/C23H28Cl2N4O6S/c1-15(22(31)26-23(2,3)4)27(13-16-9-10-17(24)11-20(16)25)21(30)14-28(36(5,34)35)18-7-6-8-19(12-18)29(32)33/h6-12,15H,13-14H2,1-5H3,(H,26,31)/t15-/m1/s1. The number of anilines is 1. The average Bonchev–Trinajstić information content (AvgIpc) is 2.74. The highest BCUT2D eigenvalue weighted by Crippen LogP contribution is 2.26. The van der Waals surface area contributed by atoms with Crippen LogP contribution in [0.2, 0.25) is 10.0 Å². The van der Waals surface area contributed by atoms with E-state index in [0.717, 1.165) is 16.6 Å². The normalized spacial score (nSPS) is 12.5. The Labute approximate surface area is 220 Å². The van der Waals surface area contributed by atoms with E-state index in [0.29, 0.717) is 10.6 Å². The van der Waals surface area contributed by atoms with Crippen LogP contribution in [0.4, 0.5) is 11.4 Å². The first-order valence-corrected chi connectivity index (χ1v) is 13.4. The first kappa shape index (κ1) is 29.3. The van der Waals surface area contributed by atoms with Crippen molar-refractivity contribution >= 4 is 56.4 Å². The zero-order chi connectivity index (χ0) is 27.4. The van der Waals surface area contributed by atoms with Gasteiger partial charge in [-0.1, -0.05) is 35.3 Å². The molecule has 0 fully saturated rings. The summed E-state index contributed by atoms with van der Waals surface area (Å²) in [6, 6.07) is 8.61. The molecule has 36 heavy (non-hydrogen) atoms. The molecule has 0 saturated heterocycles. The molecule has 0 unspecified atom stereocenters. The molecule has 0 aromatic heterocycles. The van der Waals surface area contributed by atoms with Crippen molar-refractivity contribution in [2.24, 2.45) is 0 Å². The number of rotatable bonds is 9. The quantitative estimate of drug-likeness (QED) is 0.365. The number of amides is 2. The smallest absolute Gasteiger partial charge is 0.271 e. The molecular weight excluding hydrogens is 531 g/mol. The Morgan fingerprint density at radius 1 is 1.14 bits per heavy atom. The van der Waals surface area contributed by atoms with E-state index in [1.165, 1.54) is 36.1 Å². The lowest BCUT2D eigenvalue weighted by Crippen LogP contribution is -2.54. The highest BCUT2D eigenvalue weighted by atomic mass is 35.5. The maximum absolute atomic E-state index is 13.5. The third-order valence-electron chi connectivity index (χ3n) is 5.03. The number of halogens is 2. The van der Waals surface area contributed by atoms with Gasteiger partial charge in [-0.2, -0.15) is 0 Å². The molecule has 2 aromatic rings. The van der Waals surface area contributed by atoms with Gasteiger partial charge in [-0.3, -0.25) is 24.0 Å². The fraction of sp³-hybridized carbons (Fsp3) is 0.391. The average molecular weight is 559 g/mol. The van der Waals surface area contributed by atoms with Crippen molar-refractivity contribution < 1.29 is 22.9 Å². The molecule has 13 heteroatoms. The van der Waals surface area contributed by atoms with Gasteiger partial charge in [0.25, 0.3) is 5.69 Å². The summed E-state index contributed by atoms with van der Waals surface area (Å²) in [7, 11) is -4.03. The first-order chi connectivity index (χ1) is 16.5. The molecule has 0 heterocycles. The van der Waals surface area contributed by atoms with Crippen LogP contribution in [0.5, 0.6) is 0 Å². The van der Waals surface area contributed by atoms with E-state index in [4.69, 9.17) is 23.2 Å². The SMILES string of the molecule is C[C@H](C(=O)NC(C)(C)C)N(Cc1ccc(Cl)cc1Cl)C(=O)CN(c1cccc([N+](=O)[O-])c1)S(C)(=O)=O. The molecule has 10 nitrogen and oxygen atoms in total. The third kappa shape index (κ3) is 8.07. The van der Waals surface area contributed by atoms with Gasteiger partial charge >= 0.3 is 0 Å². The Balaban J connectivity index is 2.48. The number of nitrogens with zero attached hydrogens (tertiary/aromatic N) is 3. The Kier molecular flexibility index (Phi) is 9.33. The zero-order valence-corrected chi connectivity index (χ0v) is 22.8. The molecule has 2 amide bonds. The van der Waals surface area contributed by atoms with E-state index in [2.05, 4.69) is 5.32 Å². The van der Waals surface area contributed by atoms with Crippen LogP contribution in [-0.4, -0.2) is 54.4 Å². The van der Waals surface area contributed by atoms with E-state index < -0.39 is 44.9 Å². The second kappa shape index (κ2) is 11.4. The summed E-state index contributed by atoms with van der Waals surface area (Å²) in [5.74, 6) is -1.17. The lowest BCUT2D eigenvalue weighted by Gasteiger charge is -2.33. The number of nitrogens with one attached hydrogen (secondary N) is 1. The van der Waals surface area contributed by atoms with Crippen LogP contribution in [-0.2, 0) is 26.2 Å². The number of hydrogen-bond acceptors (Lipinski definition) is 6. The van der Waals surface area contributed by atoms with Gasteiger partial charge in [0.05, 0.1) is 16.9 Å². The van der Waals surface area contributed by atoms with Gasteiger partial charge in [-0.05, 0) is 51.5 Å². The summed E-state index contributed by atoms with van der Waals surface area (Å²) >= 11 is 12.3. The van der Waals surface area contributed by atoms with Crippen LogP contribution >= 0.6 is 23.2 Å². The van der Waals surface area contributed by atoms with Crippen molar-refractivity contribution in [1.29, 1.82) is 0 Å². The van der Waals surface area contributed by atoms with Gasteiger partial charge < -0.3 is 10.2 Å². The fourth-order valence-electron chi connectivity index (χ4n) is 3.27. The lowest BCUT2D eigenvalue weighted by atomic mass is 10.1. The van der Waals surface area contributed by atoms with Gasteiger partial charge in [-0.25, -0.2) is 8.42 Å². The number of carbonyl (C=O) groups excluding carboxylic acids is 2. The van der Waals surface area contributed by atoms with E-state index in [9.17, 15) is 28.1 Å². The minimum atomic E-state index is -4.03. The highest BCUT2D eigenvalue weighted by molar-refractivity contribution is 7.92. The molecule has 0 bridgehead atoms. The Hall–Kier alpha value is -2.89. The molecule has 0 aliphatic heterocycles. The molecule has 0 aliphatic carbocycles. The predicted molar refractivity (Wildman–Crippen MR) is 140 cm³/mol. The predicted octanol–water partition coefficient (Wildman–Crippen LogP) is 4.00. The van der Waals surface area contributed by atoms with Crippen LogP contribution < -0.4 is 9.62 Å². The topological polar surface area (TPSA) is 130 Å². The Morgan fingerprint density at radius 2 is 1.78 bits per heavy atom. The summed E-state index contributed by atoms with van der Waals surface area (Å²) < 4.78 is 25.9. The monoisotopic (exact) mass is 558 g/mol. The maximum Gasteiger partial charge on any atom is 0.271 e. The third-order valence-corrected chi connectivity index (χ3v) is 6.76. The van der Waals surface area contributed by atoms with Crippen LogP contribution in [0.3, 0.4) is 0 Å². The Bertz CT molecular complexity index is 1260. The highest BCUT2D eigenvalue weighted by Gasteiger charge is 2.32. The van der Waals surface area contributed by atoms with Crippen molar-refractivity contribution in [3.05, 3.63) is 68.2 Å². The first-order valence-electron chi connectivity index (χ1n) is 10.8. The minimum Gasteiger partial charge on any atom is -0.350 e. The number of hydrogen-bond donors (Lipinski definition) is 1. The van der Waals surface area contributed by atoms with Crippen LogP contribution in [0, 0.1) is 10.1 Å². The molecule has 2 aromatic carbocycles. The van der Waals surface area contributed by atoms with Gasteiger partial charge in [-0.15, -0.1) is 0 Å². The number of nitro groups is 1. The van der Waals surface area contributed by atoms with Crippen molar-refractivity contribution in [2.45, 2.75) is 45.8 Å².